The van der Waals surface area contributed by atoms with Crippen molar-refractivity contribution in [2.45, 2.75) is 19.5 Å². The molecule has 0 radical (unpaired) electrons. The van der Waals surface area contributed by atoms with Gasteiger partial charge < -0.3 is 10.1 Å². The number of carbonyl (C=O) groups is 1. The maximum atomic E-state index is 11.7. The van der Waals surface area contributed by atoms with Crippen LogP contribution in [0, 0.1) is 0 Å². The average Bonchev–Trinajstić information content (AvgIpc) is 2.78. The number of esters is 1. The molecule has 1 aliphatic heterocycles. The topological polar surface area (TPSA) is 91.8 Å². The van der Waals surface area contributed by atoms with Gasteiger partial charge in [-0.25, -0.2) is 13.2 Å². The van der Waals surface area contributed by atoms with Gasteiger partial charge in [0.05, 0.1) is 24.9 Å². The Bertz CT molecular complexity index is 893. The van der Waals surface area contributed by atoms with Crippen molar-refractivity contribution in [3.05, 3.63) is 65.0 Å². The summed E-state index contributed by atoms with van der Waals surface area (Å²) in [6.45, 7) is 5.65. The van der Waals surface area contributed by atoms with Crippen molar-refractivity contribution in [3.63, 3.8) is 0 Å². The lowest BCUT2D eigenvalue weighted by Crippen LogP contribution is -2.42. The number of hydrogen-bond donors (Lipinski definition) is 2. The number of halogens is 1. The van der Waals surface area contributed by atoms with E-state index in [9.17, 15) is 13.2 Å². The summed E-state index contributed by atoms with van der Waals surface area (Å²) < 4.78 is 29.4. The van der Waals surface area contributed by atoms with E-state index < -0.39 is 16.9 Å². The lowest BCUT2D eigenvalue weighted by molar-refractivity contribution is 0.0600. The molecule has 0 bridgehead atoms. The van der Waals surface area contributed by atoms with Gasteiger partial charge in [0.1, 0.15) is 0 Å². The van der Waals surface area contributed by atoms with Gasteiger partial charge in [-0.2, -0.15) is 4.31 Å². The lowest BCUT2D eigenvalue weighted by atomic mass is 10.1. The Hall–Kier alpha value is -2.04. The van der Waals surface area contributed by atoms with E-state index in [1.54, 1.807) is 12.1 Å². The van der Waals surface area contributed by atoms with Crippen molar-refractivity contribution in [1.29, 1.82) is 0 Å². The van der Waals surface area contributed by atoms with Crippen LogP contribution in [0.3, 0.4) is 0 Å². The molecule has 1 aromatic heterocycles. The van der Waals surface area contributed by atoms with Crippen molar-refractivity contribution in [3.8, 4) is 0 Å². The van der Waals surface area contributed by atoms with Crippen LogP contribution in [0.5, 0.6) is 0 Å². The fraction of sp³-hybridized carbons (Fsp3) is 0.429. The number of nitrogens with zero attached hydrogens (tertiary/aromatic N) is 3. The SMILES string of the molecule is COC(=O)c1ccc(CN(CCc2ccc(CN3CCNCC3)cc2)[SH](=O)=O)nc1.Cl. The number of methoxy groups -OCH3 is 1. The molecule has 1 aromatic carbocycles. The average molecular weight is 469 g/mol. The molecule has 2 heterocycles. The van der Waals surface area contributed by atoms with E-state index in [2.05, 4.69) is 44.2 Å². The summed E-state index contributed by atoms with van der Waals surface area (Å²) in [5, 5.41) is 3.35. The van der Waals surface area contributed by atoms with Crippen LogP contribution in [0.1, 0.15) is 27.2 Å². The van der Waals surface area contributed by atoms with Crippen molar-refractivity contribution < 1.29 is 17.9 Å². The number of benzene rings is 1. The zero-order valence-corrected chi connectivity index (χ0v) is 19.2. The van der Waals surface area contributed by atoms with E-state index in [1.165, 1.54) is 23.2 Å². The first kappa shape index (κ1) is 25.2. The molecule has 0 atom stereocenters. The van der Waals surface area contributed by atoms with Gasteiger partial charge in [0, 0.05) is 45.5 Å². The second-order valence-corrected chi connectivity index (χ2v) is 8.29. The summed E-state index contributed by atoms with van der Waals surface area (Å²) in [4.78, 5) is 18.1. The molecule has 8 nitrogen and oxygen atoms in total. The standard InChI is InChI=1S/C21H28N4O4S.ClH/c1-29-21(26)19-6-7-20(23-14-19)16-25(30(27)28)11-8-17-2-4-18(5-3-17)15-24-12-9-22-10-13-24;/h2-7,14,22,30H,8-13,15-16H2,1H3;1H. The highest BCUT2D eigenvalue weighted by Crippen LogP contribution is 2.11. The van der Waals surface area contributed by atoms with Crippen LogP contribution in [-0.2, 0) is 35.1 Å². The van der Waals surface area contributed by atoms with Gasteiger partial charge in [-0.3, -0.25) is 9.88 Å². The van der Waals surface area contributed by atoms with E-state index in [0.717, 1.165) is 38.3 Å². The summed E-state index contributed by atoms with van der Waals surface area (Å²) in [7, 11) is -1.43. The molecule has 0 aliphatic carbocycles. The van der Waals surface area contributed by atoms with Gasteiger partial charge >= 0.3 is 5.97 Å². The number of pyridine rings is 1. The molecule has 2 aromatic rings. The number of hydrogen-bond acceptors (Lipinski definition) is 7. The molecule has 1 N–H and O–H groups in total. The van der Waals surface area contributed by atoms with Crippen molar-refractivity contribution in [1.82, 2.24) is 19.5 Å². The Morgan fingerprint density at radius 3 is 2.39 bits per heavy atom. The second-order valence-electron chi connectivity index (χ2n) is 7.25. The molecule has 31 heavy (non-hydrogen) atoms. The fourth-order valence-electron chi connectivity index (χ4n) is 3.36. The second kappa shape index (κ2) is 12.7. The van der Waals surface area contributed by atoms with E-state index in [1.807, 2.05) is 0 Å². The van der Waals surface area contributed by atoms with Crippen LogP contribution < -0.4 is 5.32 Å². The van der Waals surface area contributed by atoms with E-state index in [0.29, 0.717) is 24.2 Å². The van der Waals surface area contributed by atoms with E-state index in [4.69, 9.17) is 0 Å². The molecular formula is C21H29ClN4O4S. The van der Waals surface area contributed by atoms with E-state index >= 15 is 0 Å². The number of aromatic nitrogens is 1. The highest BCUT2D eigenvalue weighted by atomic mass is 35.5. The number of piperazine rings is 1. The third-order valence-corrected chi connectivity index (χ3v) is 5.92. The number of ether oxygens (including phenoxy) is 1. The predicted octanol–water partition coefficient (Wildman–Crippen LogP) is 1.27. The van der Waals surface area contributed by atoms with Gasteiger partial charge in [-0.1, -0.05) is 24.3 Å². The van der Waals surface area contributed by atoms with Crippen LogP contribution in [0.15, 0.2) is 42.6 Å². The molecule has 1 saturated heterocycles. The molecule has 10 heteroatoms. The maximum absolute atomic E-state index is 11.7. The molecule has 0 saturated carbocycles. The first-order chi connectivity index (χ1) is 14.5. The molecule has 0 unspecified atom stereocenters. The third-order valence-electron chi connectivity index (χ3n) is 5.12. The number of nitrogens with one attached hydrogen (secondary N) is 1. The minimum Gasteiger partial charge on any atom is -0.465 e. The number of thiol groups is 1. The van der Waals surface area contributed by atoms with Crippen LogP contribution in [-0.4, -0.2) is 68.4 Å². The Morgan fingerprint density at radius 1 is 1.13 bits per heavy atom. The summed E-state index contributed by atoms with van der Waals surface area (Å²) >= 11 is 0. The lowest BCUT2D eigenvalue weighted by Gasteiger charge is -2.27. The zero-order valence-electron chi connectivity index (χ0n) is 17.5. The van der Waals surface area contributed by atoms with E-state index in [-0.39, 0.29) is 19.0 Å². The minimum atomic E-state index is -2.74. The quantitative estimate of drug-likeness (QED) is 0.423. The van der Waals surface area contributed by atoms with Crippen molar-refractivity contribution in [2.75, 3.05) is 39.8 Å². The largest absolute Gasteiger partial charge is 0.465 e. The molecule has 0 amide bonds. The molecular weight excluding hydrogens is 440 g/mol. The molecule has 170 valence electrons. The molecule has 1 aliphatic rings. The predicted molar refractivity (Wildman–Crippen MR) is 122 cm³/mol. The van der Waals surface area contributed by atoms with Gasteiger partial charge in [0.2, 0.25) is 10.9 Å². The maximum Gasteiger partial charge on any atom is 0.339 e. The molecule has 0 spiro atoms. The van der Waals surface area contributed by atoms with Gasteiger partial charge in [0.25, 0.3) is 0 Å². The van der Waals surface area contributed by atoms with Crippen LogP contribution in [0.2, 0.25) is 0 Å². The Kier molecular flexibility index (Phi) is 10.4. The third kappa shape index (κ3) is 7.86. The monoisotopic (exact) mass is 468 g/mol. The van der Waals surface area contributed by atoms with Gasteiger partial charge in [0.15, 0.2) is 0 Å². The summed E-state index contributed by atoms with van der Waals surface area (Å²) in [6, 6.07) is 11.6. The highest BCUT2D eigenvalue weighted by molar-refractivity contribution is 7.69. The van der Waals surface area contributed by atoms with Crippen molar-refractivity contribution >= 4 is 29.3 Å². The smallest absolute Gasteiger partial charge is 0.339 e. The number of rotatable bonds is 9. The van der Waals surface area contributed by atoms with Crippen LogP contribution >= 0.6 is 12.4 Å². The first-order valence-electron chi connectivity index (χ1n) is 9.98. The normalized spacial score (nSPS) is 14.4. The zero-order chi connectivity index (χ0) is 21.3. The first-order valence-corrected chi connectivity index (χ1v) is 11.1. The van der Waals surface area contributed by atoms with Gasteiger partial charge in [-0.05, 0) is 29.7 Å². The fourth-order valence-corrected chi connectivity index (χ4v) is 3.88. The van der Waals surface area contributed by atoms with Gasteiger partial charge in [-0.15, -0.1) is 12.4 Å². The molecule has 3 rings (SSSR count). The van der Waals surface area contributed by atoms with Crippen molar-refractivity contribution in [2.24, 2.45) is 0 Å². The Morgan fingerprint density at radius 2 is 1.81 bits per heavy atom. The summed E-state index contributed by atoms with van der Waals surface area (Å²) in [6.07, 6.45) is 2.02. The molecule has 1 fully saturated rings. The summed E-state index contributed by atoms with van der Waals surface area (Å²) in [5.74, 6) is -0.471. The Balaban J connectivity index is 0.00000341. The minimum absolute atomic E-state index is 0. The van der Waals surface area contributed by atoms with Crippen LogP contribution in [0.25, 0.3) is 0 Å². The highest BCUT2D eigenvalue weighted by Gasteiger charge is 2.12. The summed E-state index contributed by atoms with van der Waals surface area (Å²) in [5.41, 5.74) is 3.27. The number of carbonyl (C=O) groups excluding carboxylic acids is 1. The van der Waals surface area contributed by atoms with Crippen LogP contribution in [0.4, 0.5) is 0 Å². The Labute approximate surface area is 191 Å².